The van der Waals surface area contributed by atoms with Gasteiger partial charge in [-0.05, 0) is 73.7 Å². The number of hydrogen-bond acceptors (Lipinski definition) is 7. The van der Waals surface area contributed by atoms with Gasteiger partial charge in [0.15, 0.2) is 17.2 Å². The van der Waals surface area contributed by atoms with Gasteiger partial charge in [0.2, 0.25) is 0 Å². The molecule has 42 heavy (non-hydrogen) atoms. The van der Waals surface area contributed by atoms with Crippen molar-refractivity contribution in [3.05, 3.63) is 67.3 Å². The van der Waals surface area contributed by atoms with Gasteiger partial charge >= 0.3 is 6.36 Å². The van der Waals surface area contributed by atoms with E-state index in [4.69, 9.17) is 8.85 Å². The molecule has 4 N–H and O–H groups in total. The number of nitrogens with one attached hydrogen (secondary N) is 4. The molecule has 17 heteroatoms. The van der Waals surface area contributed by atoms with Crippen LogP contribution in [0, 0.1) is 16.3 Å². The van der Waals surface area contributed by atoms with Crippen LogP contribution in [0.3, 0.4) is 0 Å². The molecule has 1 amide bonds. The van der Waals surface area contributed by atoms with Crippen LogP contribution in [-0.4, -0.2) is 38.3 Å². The molecule has 3 aromatic rings. The average molecular weight is 730 g/mol. The van der Waals surface area contributed by atoms with Crippen molar-refractivity contribution in [2.75, 3.05) is 17.0 Å². The molecule has 0 aliphatic heterocycles. The van der Waals surface area contributed by atoms with Gasteiger partial charge in [-0.15, -0.1) is 13.2 Å². The number of ether oxygens (including phenoxy) is 2. The van der Waals surface area contributed by atoms with Crippen LogP contribution in [-0.2, 0) is 17.3 Å². The van der Waals surface area contributed by atoms with Gasteiger partial charge in [-0.1, -0.05) is 6.07 Å². The smallest absolute Gasteiger partial charge is 0.452 e. The molecule has 0 aliphatic rings. The van der Waals surface area contributed by atoms with Crippen LogP contribution in [0.1, 0.15) is 33.9 Å². The molecule has 0 spiro atoms. The number of aromatic nitrogens is 1. The van der Waals surface area contributed by atoms with E-state index in [9.17, 15) is 35.6 Å². The second-order valence-electron chi connectivity index (χ2n) is 8.91. The van der Waals surface area contributed by atoms with Gasteiger partial charge in [0.1, 0.15) is 17.2 Å². The molecule has 0 atom stereocenters. The minimum absolute atomic E-state index is 0.155. The summed E-state index contributed by atoms with van der Waals surface area (Å²) in [6.07, 6.45) is -5.42. The number of nitrogens with zero attached hydrogens (tertiary/aromatic N) is 1. The number of benzene rings is 2. The van der Waals surface area contributed by atoms with Crippen LogP contribution >= 0.6 is 22.6 Å². The highest BCUT2D eigenvalue weighted by Crippen LogP contribution is 2.43. The lowest BCUT2D eigenvalue weighted by atomic mass is 10.1. The molecule has 1 aromatic heterocycles. The molecule has 0 saturated heterocycles. The fourth-order valence-electron chi connectivity index (χ4n) is 3.63. The lowest BCUT2D eigenvalue weighted by Gasteiger charge is -2.23. The predicted octanol–water partition coefficient (Wildman–Crippen LogP) is 4.89. The maximum Gasteiger partial charge on any atom is 0.573 e. The second kappa shape index (κ2) is 12.7. The summed E-state index contributed by atoms with van der Waals surface area (Å²) in [5, 5.41) is 5.27. The fourth-order valence-corrected chi connectivity index (χ4v) is 4.58. The third kappa shape index (κ3) is 7.82. The zero-order chi connectivity index (χ0) is 34.1. The highest BCUT2D eigenvalue weighted by Gasteiger charge is 2.35. The minimum atomic E-state index is -5.42. The van der Waals surface area contributed by atoms with Gasteiger partial charge in [0.05, 0.1) is 16.9 Å². The number of para-hydroxylation sites is 1. The molecule has 0 unspecified atom stereocenters. The van der Waals surface area contributed by atoms with E-state index in [1.165, 1.54) is 36.9 Å². The third-order valence-electron chi connectivity index (χ3n) is 5.38. The predicted molar refractivity (Wildman–Crippen MR) is 156 cm³/mol. The molecular weight excluding hydrogens is 701 g/mol. The minimum Gasteiger partial charge on any atom is -0.452 e. The Bertz CT molecular complexity index is 1790. The standard InChI is InChI=1S/C25H26F4IN5O6S/c1-12(2)32-23(36)19-20(13(3)24(37)35(5)22(19)33-16-10-9-14(30)11-15(16)26)40-18-8-6-7-17(34-42(38,39)31-4)21(18)41-25(27,28)29/h6-12,31,33-34H,1-5H3,(H,32,36)/i4D3. The van der Waals surface area contributed by atoms with Crippen LogP contribution in [0.25, 0.3) is 0 Å². The van der Waals surface area contributed by atoms with E-state index < -0.39 is 75.4 Å². The van der Waals surface area contributed by atoms with Crippen molar-refractivity contribution in [3.63, 3.8) is 0 Å². The first-order valence-electron chi connectivity index (χ1n) is 13.2. The van der Waals surface area contributed by atoms with Crippen LogP contribution < -0.4 is 35.1 Å². The van der Waals surface area contributed by atoms with E-state index in [1.807, 2.05) is 22.6 Å². The molecule has 0 saturated carbocycles. The number of hydrogen-bond donors (Lipinski definition) is 4. The van der Waals surface area contributed by atoms with Crippen molar-refractivity contribution >= 4 is 55.9 Å². The van der Waals surface area contributed by atoms with E-state index in [0.29, 0.717) is 3.57 Å². The number of halogens is 5. The Hall–Kier alpha value is -3.58. The van der Waals surface area contributed by atoms with Crippen molar-refractivity contribution in [3.8, 4) is 17.2 Å². The zero-order valence-electron chi connectivity index (χ0n) is 25.2. The van der Waals surface area contributed by atoms with Crippen LogP contribution in [0.2, 0.25) is 0 Å². The Balaban J connectivity index is 2.30. The van der Waals surface area contributed by atoms with Gasteiger partial charge in [-0.3, -0.25) is 18.9 Å². The van der Waals surface area contributed by atoms with E-state index in [-0.39, 0.29) is 17.1 Å². The summed E-state index contributed by atoms with van der Waals surface area (Å²) in [5.74, 6) is -4.60. The average Bonchev–Trinajstić information content (AvgIpc) is 2.85. The SMILES string of the molecule is [2H]C([2H])([2H])NS(=O)(=O)Nc1cccc(Oc2c(C(=O)NC(C)C)c(Nc3ccc(I)cc3F)n(C)c(=O)c2C)c1OC(F)(F)F. The molecule has 3 rings (SSSR count). The molecule has 0 fully saturated rings. The van der Waals surface area contributed by atoms with Crippen molar-refractivity contribution in [2.24, 2.45) is 7.05 Å². The Kier molecular flexibility index (Phi) is 8.66. The van der Waals surface area contributed by atoms with Crippen molar-refractivity contribution < 1.29 is 44.4 Å². The third-order valence-corrected chi connectivity index (χ3v) is 6.81. The molecule has 1 heterocycles. The largest absolute Gasteiger partial charge is 0.573 e. The summed E-state index contributed by atoms with van der Waals surface area (Å²) >= 11 is 1.87. The first-order chi connectivity index (χ1) is 20.6. The van der Waals surface area contributed by atoms with Gasteiger partial charge < -0.3 is 20.1 Å². The van der Waals surface area contributed by atoms with E-state index in [2.05, 4.69) is 15.4 Å². The van der Waals surface area contributed by atoms with E-state index in [1.54, 1.807) is 18.6 Å². The molecule has 0 radical (unpaired) electrons. The zero-order valence-corrected chi connectivity index (χ0v) is 25.2. The normalized spacial score (nSPS) is 13.1. The number of alkyl halides is 3. The molecule has 0 aliphatic carbocycles. The van der Waals surface area contributed by atoms with Crippen LogP contribution in [0.15, 0.2) is 41.2 Å². The molecule has 2 aromatic carbocycles. The van der Waals surface area contributed by atoms with Gasteiger partial charge in [-0.25, -0.2) is 9.11 Å². The topological polar surface area (TPSA) is 140 Å². The number of rotatable bonds is 10. The summed E-state index contributed by atoms with van der Waals surface area (Å²) < 4.78 is 116. The summed E-state index contributed by atoms with van der Waals surface area (Å²) in [5.41, 5.74) is -2.55. The second-order valence-corrected chi connectivity index (χ2v) is 11.6. The first-order valence-corrected chi connectivity index (χ1v) is 14.3. The Labute approximate surface area is 256 Å². The van der Waals surface area contributed by atoms with Crippen molar-refractivity contribution in [2.45, 2.75) is 33.2 Å². The van der Waals surface area contributed by atoms with Crippen LogP contribution in [0.4, 0.5) is 34.8 Å². The summed E-state index contributed by atoms with van der Waals surface area (Å²) in [6.45, 7) is 1.19. The fraction of sp³-hybridized carbons (Fsp3) is 0.280. The first kappa shape index (κ1) is 28.5. The molecule has 0 bridgehead atoms. The number of amides is 1. The number of carbonyl (C=O) groups is 1. The maximum absolute atomic E-state index is 14.8. The van der Waals surface area contributed by atoms with E-state index >= 15 is 0 Å². The Morgan fingerprint density at radius 3 is 2.43 bits per heavy atom. The summed E-state index contributed by atoms with van der Waals surface area (Å²) in [7, 11) is -3.73. The molecular formula is C25H26F4IN5O6S. The summed E-state index contributed by atoms with van der Waals surface area (Å²) in [4.78, 5) is 26.8. The highest BCUT2D eigenvalue weighted by molar-refractivity contribution is 14.1. The lowest BCUT2D eigenvalue weighted by molar-refractivity contribution is -0.274. The highest BCUT2D eigenvalue weighted by atomic mass is 127. The quantitative estimate of drug-likeness (QED) is 0.172. The lowest BCUT2D eigenvalue weighted by Crippen LogP contribution is -2.34. The number of anilines is 3. The number of carbonyl (C=O) groups excluding carboxylic acids is 1. The Morgan fingerprint density at radius 2 is 1.83 bits per heavy atom. The van der Waals surface area contributed by atoms with Gasteiger partial charge in [-0.2, -0.15) is 8.42 Å². The van der Waals surface area contributed by atoms with Crippen LogP contribution in [0.5, 0.6) is 17.2 Å². The molecule has 11 nitrogen and oxygen atoms in total. The van der Waals surface area contributed by atoms with Crippen molar-refractivity contribution in [1.29, 1.82) is 0 Å². The number of pyridine rings is 1. The van der Waals surface area contributed by atoms with Gasteiger partial charge in [0, 0.05) is 27.7 Å². The maximum atomic E-state index is 14.8. The van der Waals surface area contributed by atoms with Gasteiger partial charge in [0.25, 0.3) is 21.7 Å². The Morgan fingerprint density at radius 1 is 1.14 bits per heavy atom. The summed E-state index contributed by atoms with van der Waals surface area (Å²) in [6, 6.07) is 6.34. The molecule has 228 valence electrons. The monoisotopic (exact) mass is 730 g/mol. The van der Waals surface area contributed by atoms with E-state index in [0.717, 1.165) is 22.8 Å². The van der Waals surface area contributed by atoms with Crippen molar-refractivity contribution in [1.82, 2.24) is 14.6 Å².